The molecule has 30 heavy (non-hydrogen) atoms. The second-order valence-corrected chi connectivity index (χ2v) is 7.23. The topological polar surface area (TPSA) is 48.9 Å². The molecular weight excluding hydrogens is 395 g/mol. The molecule has 0 amide bonds. The number of aromatic nitrogens is 3. The molecule has 4 aromatic rings. The van der Waals surface area contributed by atoms with E-state index in [1.165, 1.54) is 41.6 Å². The van der Waals surface area contributed by atoms with Crippen molar-refractivity contribution >= 4 is 10.9 Å². The first-order valence-corrected chi connectivity index (χ1v) is 9.15. The lowest BCUT2D eigenvalue weighted by Crippen LogP contribution is -2.36. The second-order valence-electron chi connectivity index (χ2n) is 7.23. The van der Waals surface area contributed by atoms with Crippen LogP contribution in [-0.4, -0.2) is 13.7 Å². The van der Waals surface area contributed by atoms with Crippen molar-refractivity contribution in [1.82, 2.24) is 13.7 Å². The van der Waals surface area contributed by atoms with Crippen molar-refractivity contribution in [2.75, 3.05) is 0 Å². The van der Waals surface area contributed by atoms with Crippen LogP contribution < -0.4 is 11.2 Å². The average molecular weight is 413 g/mol. The molecule has 0 radical (unpaired) electrons. The first kappa shape index (κ1) is 19.8. The fourth-order valence-corrected chi connectivity index (χ4v) is 3.57. The molecule has 0 spiro atoms. The molecule has 2 aromatic heterocycles. The highest BCUT2D eigenvalue weighted by Gasteiger charge is 2.31. The van der Waals surface area contributed by atoms with Crippen LogP contribution in [-0.2, 0) is 20.3 Å². The molecule has 0 bridgehead atoms. The summed E-state index contributed by atoms with van der Waals surface area (Å²) >= 11 is 0. The highest BCUT2D eigenvalue weighted by Crippen LogP contribution is 2.34. The average Bonchev–Trinajstić information content (AvgIpc) is 3.11. The summed E-state index contributed by atoms with van der Waals surface area (Å²) in [6.07, 6.45) is -2.97. The maximum absolute atomic E-state index is 13.3. The van der Waals surface area contributed by atoms with Gasteiger partial charge in [0.2, 0.25) is 0 Å². The fraction of sp³-hybridized carbons (Fsp3) is 0.182. The van der Waals surface area contributed by atoms with Crippen LogP contribution in [0.2, 0.25) is 0 Å². The van der Waals surface area contributed by atoms with Crippen LogP contribution >= 0.6 is 0 Å². The van der Waals surface area contributed by atoms with Gasteiger partial charge in [0.25, 0.3) is 5.56 Å². The summed E-state index contributed by atoms with van der Waals surface area (Å²) in [6.45, 7) is 1.91. The number of halogens is 3. The van der Waals surface area contributed by atoms with E-state index in [0.717, 1.165) is 22.3 Å². The van der Waals surface area contributed by atoms with E-state index in [1.807, 2.05) is 19.1 Å². The number of rotatable bonds is 2. The Balaban J connectivity index is 2.15. The minimum Gasteiger partial charge on any atom is -0.314 e. The molecule has 0 saturated carbocycles. The normalized spacial score (nSPS) is 11.9. The van der Waals surface area contributed by atoms with Crippen molar-refractivity contribution in [2.24, 2.45) is 14.1 Å². The van der Waals surface area contributed by atoms with Gasteiger partial charge in [-0.25, -0.2) is 4.79 Å². The second kappa shape index (κ2) is 6.76. The van der Waals surface area contributed by atoms with Gasteiger partial charge in [0.05, 0.1) is 22.2 Å². The summed E-state index contributed by atoms with van der Waals surface area (Å²) in [5.74, 6) is 0. The van der Waals surface area contributed by atoms with Gasteiger partial charge in [-0.3, -0.25) is 13.9 Å². The molecule has 4 rings (SSSR count). The summed E-state index contributed by atoms with van der Waals surface area (Å²) < 4.78 is 43.7. The number of fused-ring (bicyclic) bond motifs is 1. The van der Waals surface area contributed by atoms with Crippen LogP contribution in [0.15, 0.2) is 64.3 Å². The molecule has 0 saturated heterocycles. The number of hydrogen-bond acceptors (Lipinski definition) is 2. The van der Waals surface area contributed by atoms with E-state index in [1.54, 1.807) is 12.1 Å². The quantitative estimate of drug-likeness (QED) is 0.498. The molecule has 0 aliphatic heterocycles. The van der Waals surface area contributed by atoms with E-state index in [0.29, 0.717) is 16.8 Å². The number of aryl methyl sites for hydroxylation is 2. The standard InChI is InChI=1S/C22H18F3N3O2/c1-13-7-9-14(10-8-13)19-18-17(26(2)21(30)27(3)20(18)29)12-28(19)16-6-4-5-15(11-16)22(23,24)25/h4-12H,1-3H3. The Morgan fingerprint density at radius 1 is 0.900 bits per heavy atom. The third-order valence-corrected chi connectivity index (χ3v) is 5.22. The SMILES string of the molecule is Cc1ccc(-c2c3c(=O)n(C)c(=O)n(C)c3cn2-c2cccc(C(F)(F)F)c2)cc1. The van der Waals surface area contributed by atoms with Crippen molar-refractivity contribution < 1.29 is 13.2 Å². The predicted molar refractivity (Wildman–Crippen MR) is 109 cm³/mol. The minimum absolute atomic E-state index is 0.242. The van der Waals surface area contributed by atoms with Crippen LogP contribution in [0.5, 0.6) is 0 Å². The molecule has 5 nitrogen and oxygen atoms in total. The van der Waals surface area contributed by atoms with E-state index >= 15 is 0 Å². The van der Waals surface area contributed by atoms with E-state index in [9.17, 15) is 22.8 Å². The number of alkyl halides is 3. The largest absolute Gasteiger partial charge is 0.416 e. The van der Waals surface area contributed by atoms with Crippen LogP contribution in [0.25, 0.3) is 27.8 Å². The Morgan fingerprint density at radius 3 is 2.20 bits per heavy atom. The maximum Gasteiger partial charge on any atom is 0.416 e. The first-order valence-electron chi connectivity index (χ1n) is 9.15. The predicted octanol–water partition coefficient (Wildman–Crippen LogP) is 4.02. The van der Waals surface area contributed by atoms with Gasteiger partial charge < -0.3 is 4.57 Å². The minimum atomic E-state index is -4.50. The van der Waals surface area contributed by atoms with Crippen LogP contribution in [0.1, 0.15) is 11.1 Å². The number of benzene rings is 2. The van der Waals surface area contributed by atoms with Gasteiger partial charge in [-0.15, -0.1) is 0 Å². The summed E-state index contributed by atoms with van der Waals surface area (Å²) in [5, 5.41) is 0.265. The molecule has 0 N–H and O–H groups in total. The lowest BCUT2D eigenvalue weighted by Gasteiger charge is -2.13. The summed E-state index contributed by atoms with van der Waals surface area (Å²) in [4.78, 5) is 25.4. The third-order valence-electron chi connectivity index (χ3n) is 5.22. The highest BCUT2D eigenvalue weighted by atomic mass is 19.4. The Morgan fingerprint density at radius 2 is 1.57 bits per heavy atom. The van der Waals surface area contributed by atoms with Gasteiger partial charge in [0.1, 0.15) is 0 Å². The summed E-state index contributed by atoms with van der Waals surface area (Å²) in [7, 11) is 2.91. The molecule has 0 fully saturated rings. The van der Waals surface area contributed by atoms with Crippen molar-refractivity contribution in [3.8, 4) is 16.9 Å². The van der Waals surface area contributed by atoms with Gasteiger partial charge >= 0.3 is 11.9 Å². The summed E-state index contributed by atoms with van der Waals surface area (Å²) in [5.41, 5.74) is 0.861. The molecule has 2 aromatic carbocycles. The van der Waals surface area contributed by atoms with E-state index in [2.05, 4.69) is 0 Å². The van der Waals surface area contributed by atoms with E-state index in [-0.39, 0.29) is 11.1 Å². The zero-order valence-electron chi connectivity index (χ0n) is 16.5. The highest BCUT2D eigenvalue weighted by molar-refractivity contribution is 5.94. The van der Waals surface area contributed by atoms with Crippen LogP contribution in [0.4, 0.5) is 13.2 Å². The van der Waals surface area contributed by atoms with Crippen molar-refractivity contribution in [3.05, 3.63) is 86.7 Å². The molecule has 0 aliphatic carbocycles. The van der Waals surface area contributed by atoms with Gasteiger partial charge in [-0.2, -0.15) is 13.2 Å². The smallest absolute Gasteiger partial charge is 0.314 e. The third kappa shape index (κ3) is 3.04. The zero-order chi connectivity index (χ0) is 21.8. The molecule has 8 heteroatoms. The molecule has 0 aliphatic rings. The Bertz CT molecular complexity index is 1390. The molecule has 2 heterocycles. The fourth-order valence-electron chi connectivity index (χ4n) is 3.57. The Hall–Kier alpha value is -3.55. The monoisotopic (exact) mass is 413 g/mol. The van der Waals surface area contributed by atoms with Gasteiger partial charge in [-0.05, 0) is 30.7 Å². The number of nitrogens with zero attached hydrogens (tertiary/aromatic N) is 3. The number of hydrogen-bond donors (Lipinski definition) is 0. The summed E-state index contributed by atoms with van der Waals surface area (Å²) in [6, 6.07) is 12.2. The van der Waals surface area contributed by atoms with Crippen LogP contribution in [0, 0.1) is 6.92 Å². The molecular formula is C22H18F3N3O2. The lowest BCUT2D eigenvalue weighted by molar-refractivity contribution is -0.137. The Labute approximate surface area is 169 Å². The van der Waals surface area contributed by atoms with Gasteiger partial charge in [0, 0.05) is 26.0 Å². The molecule has 154 valence electrons. The van der Waals surface area contributed by atoms with Crippen molar-refractivity contribution in [1.29, 1.82) is 0 Å². The van der Waals surface area contributed by atoms with Crippen LogP contribution in [0.3, 0.4) is 0 Å². The van der Waals surface area contributed by atoms with Gasteiger partial charge in [-0.1, -0.05) is 35.9 Å². The van der Waals surface area contributed by atoms with Crippen molar-refractivity contribution in [2.45, 2.75) is 13.1 Å². The maximum atomic E-state index is 13.3. The first-order chi connectivity index (χ1) is 14.1. The molecule has 0 atom stereocenters. The molecule has 0 unspecified atom stereocenters. The van der Waals surface area contributed by atoms with Gasteiger partial charge in [0.15, 0.2) is 0 Å². The zero-order valence-corrected chi connectivity index (χ0v) is 16.5. The van der Waals surface area contributed by atoms with E-state index in [4.69, 9.17) is 0 Å². The van der Waals surface area contributed by atoms with Crippen molar-refractivity contribution in [3.63, 3.8) is 0 Å². The Kier molecular flexibility index (Phi) is 4.45. The van der Waals surface area contributed by atoms with E-state index < -0.39 is 23.0 Å². The lowest BCUT2D eigenvalue weighted by atomic mass is 10.1.